The van der Waals surface area contributed by atoms with Crippen LogP contribution in [0.2, 0.25) is 0 Å². The minimum atomic E-state index is -2.78. The lowest BCUT2D eigenvalue weighted by atomic mass is 9.97. The number of nitrogens with zero attached hydrogens (tertiary/aromatic N) is 1. The summed E-state index contributed by atoms with van der Waals surface area (Å²) in [5, 5.41) is 5.40. The lowest BCUT2D eigenvalue weighted by molar-refractivity contribution is -0.124. The van der Waals surface area contributed by atoms with Crippen LogP contribution < -0.4 is 10.6 Å². The molecular weight excluding hydrogens is 363 g/mol. The Morgan fingerprint density at radius 3 is 2.38 bits per heavy atom. The summed E-state index contributed by atoms with van der Waals surface area (Å²) in [7, 11) is 1.73. The van der Waals surface area contributed by atoms with E-state index in [0.717, 1.165) is 25.9 Å². The quantitative estimate of drug-likeness (QED) is 0.750. The number of hydrogen-bond donors (Lipinski definition) is 2. The predicted octanol–water partition coefficient (Wildman–Crippen LogP) is 1.83. The monoisotopic (exact) mass is 391 g/mol. The second-order valence-electron chi connectivity index (χ2n) is 6.95. The molecule has 2 rings (SSSR count). The summed E-state index contributed by atoms with van der Waals surface area (Å²) < 4.78 is 31.6. The number of rotatable bonds is 5. The maximum Gasteiger partial charge on any atom is 0.262 e. The van der Waals surface area contributed by atoms with Crippen LogP contribution in [0.15, 0.2) is 0 Å². The first-order valence-electron chi connectivity index (χ1n) is 7.90. The van der Waals surface area contributed by atoms with Gasteiger partial charge < -0.3 is 10.1 Å². The molecule has 2 saturated heterocycles. The van der Waals surface area contributed by atoms with Gasteiger partial charge in [-0.05, 0) is 26.7 Å². The number of carbonyl (C=O) groups is 1. The molecule has 2 aliphatic rings. The highest BCUT2D eigenvalue weighted by atomic mass is 35.5. The maximum absolute atomic E-state index is 13.1. The number of piperidine rings is 1. The number of likely N-dealkylation sites (tertiary alicyclic amines) is 1. The van der Waals surface area contributed by atoms with Crippen molar-refractivity contribution in [2.24, 2.45) is 0 Å². The van der Waals surface area contributed by atoms with Crippen LogP contribution in [0, 0.1) is 0 Å². The van der Waals surface area contributed by atoms with Crippen molar-refractivity contribution in [3.05, 3.63) is 0 Å². The van der Waals surface area contributed by atoms with Crippen LogP contribution in [0.25, 0.3) is 0 Å². The molecule has 144 valence electrons. The molecule has 1 amide bonds. The van der Waals surface area contributed by atoms with Gasteiger partial charge in [0.2, 0.25) is 5.91 Å². The van der Waals surface area contributed by atoms with Gasteiger partial charge in [-0.15, -0.1) is 24.8 Å². The van der Waals surface area contributed by atoms with Crippen molar-refractivity contribution in [2.75, 3.05) is 33.3 Å². The fraction of sp³-hybridized carbons (Fsp3) is 0.933. The summed E-state index contributed by atoms with van der Waals surface area (Å²) in [5.74, 6) is -3.11. The maximum atomic E-state index is 13.1. The summed E-state index contributed by atoms with van der Waals surface area (Å²) in [6.07, 6.45) is 1.85. The van der Waals surface area contributed by atoms with Crippen molar-refractivity contribution in [1.82, 2.24) is 15.5 Å². The molecule has 0 spiro atoms. The van der Waals surface area contributed by atoms with Crippen molar-refractivity contribution in [3.63, 3.8) is 0 Å². The molecule has 0 aromatic rings. The lowest BCUT2D eigenvalue weighted by Gasteiger charge is -2.42. The van der Waals surface area contributed by atoms with Gasteiger partial charge in [0.05, 0.1) is 18.7 Å². The standard InChI is InChI=1S/C15H27F2N3O2.2ClH/c1-14(2,20-6-4-11(22-3)5-7-20)9-19-13(21)12-8-15(16,17)10-18-12;;/h11-12,18H,4-10H2,1-3H3,(H,19,21);2*1H. The highest BCUT2D eigenvalue weighted by Crippen LogP contribution is 2.25. The van der Waals surface area contributed by atoms with Crippen LogP contribution in [-0.2, 0) is 9.53 Å². The van der Waals surface area contributed by atoms with Crippen LogP contribution in [0.5, 0.6) is 0 Å². The van der Waals surface area contributed by atoms with Gasteiger partial charge in [-0.1, -0.05) is 0 Å². The minimum absolute atomic E-state index is 0. The Bertz CT molecular complexity index is 406. The molecule has 0 aromatic carbocycles. The van der Waals surface area contributed by atoms with E-state index in [0.29, 0.717) is 12.6 Å². The number of methoxy groups -OCH3 is 1. The molecule has 24 heavy (non-hydrogen) atoms. The molecule has 1 atom stereocenters. The molecule has 5 nitrogen and oxygen atoms in total. The van der Waals surface area contributed by atoms with Crippen molar-refractivity contribution in [2.45, 2.75) is 56.7 Å². The number of alkyl halides is 2. The van der Waals surface area contributed by atoms with Gasteiger partial charge in [-0.2, -0.15) is 0 Å². The van der Waals surface area contributed by atoms with Crippen LogP contribution in [0.3, 0.4) is 0 Å². The molecule has 0 saturated carbocycles. The van der Waals surface area contributed by atoms with Gasteiger partial charge >= 0.3 is 0 Å². The number of carbonyl (C=O) groups excluding carboxylic acids is 1. The number of hydrogen-bond acceptors (Lipinski definition) is 4. The summed E-state index contributed by atoms with van der Waals surface area (Å²) >= 11 is 0. The predicted molar refractivity (Wildman–Crippen MR) is 94.5 cm³/mol. The van der Waals surface area contributed by atoms with Crippen LogP contribution in [0.1, 0.15) is 33.1 Å². The number of amides is 1. The lowest BCUT2D eigenvalue weighted by Crippen LogP contribution is -2.56. The normalized spacial score (nSPS) is 24.8. The van der Waals surface area contributed by atoms with Crippen molar-refractivity contribution < 1.29 is 18.3 Å². The Morgan fingerprint density at radius 2 is 1.92 bits per heavy atom. The van der Waals surface area contributed by atoms with E-state index in [2.05, 4.69) is 29.4 Å². The zero-order valence-corrected chi connectivity index (χ0v) is 16.1. The van der Waals surface area contributed by atoms with Gasteiger partial charge in [0, 0.05) is 38.7 Å². The van der Waals surface area contributed by atoms with Gasteiger partial charge in [0.15, 0.2) is 0 Å². The summed E-state index contributed by atoms with van der Waals surface area (Å²) in [6.45, 7) is 6.00. The zero-order chi connectivity index (χ0) is 16.4. The fourth-order valence-corrected chi connectivity index (χ4v) is 3.14. The molecule has 9 heteroatoms. The Kier molecular flexibility index (Phi) is 9.39. The van der Waals surface area contributed by atoms with E-state index in [1.165, 1.54) is 0 Å². The molecule has 2 N–H and O–H groups in total. The van der Waals surface area contributed by atoms with E-state index < -0.39 is 24.9 Å². The SMILES string of the molecule is COC1CCN(C(C)(C)CNC(=O)C2CC(F)(F)CN2)CC1.Cl.Cl. The summed E-state index contributed by atoms with van der Waals surface area (Å²) in [5.41, 5.74) is -0.199. The first kappa shape index (κ1) is 23.8. The Morgan fingerprint density at radius 1 is 1.33 bits per heavy atom. The number of halogens is 4. The van der Waals surface area contributed by atoms with Gasteiger partial charge in [-0.25, -0.2) is 8.78 Å². The minimum Gasteiger partial charge on any atom is -0.381 e. The van der Waals surface area contributed by atoms with Gasteiger partial charge in [0.25, 0.3) is 5.92 Å². The Balaban J connectivity index is 0.00000264. The second-order valence-corrected chi connectivity index (χ2v) is 6.95. The summed E-state index contributed by atoms with van der Waals surface area (Å²) in [4.78, 5) is 14.3. The highest BCUT2D eigenvalue weighted by Gasteiger charge is 2.42. The number of nitrogens with one attached hydrogen (secondary N) is 2. The Labute approximate surface area is 155 Å². The average Bonchev–Trinajstić information content (AvgIpc) is 2.85. The molecule has 0 aliphatic carbocycles. The molecule has 2 aliphatic heterocycles. The van der Waals surface area contributed by atoms with Crippen LogP contribution >= 0.6 is 24.8 Å². The smallest absolute Gasteiger partial charge is 0.262 e. The first-order valence-corrected chi connectivity index (χ1v) is 7.90. The Hall–Kier alpha value is -0.210. The topological polar surface area (TPSA) is 53.6 Å². The second kappa shape index (κ2) is 9.48. The van der Waals surface area contributed by atoms with Crippen molar-refractivity contribution in [3.8, 4) is 0 Å². The first-order chi connectivity index (χ1) is 10.2. The number of ether oxygens (including phenoxy) is 1. The van der Waals surface area contributed by atoms with Crippen LogP contribution in [-0.4, -0.2) is 67.7 Å². The third-order valence-corrected chi connectivity index (χ3v) is 4.75. The molecule has 2 fully saturated rings. The van der Waals surface area contributed by atoms with E-state index in [1.807, 2.05) is 0 Å². The van der Waals surface area contributed by atoms with Gasteiger partial charge in [-0.3, -0.25) is 15.0 Å². The van der Waals surface area contributed by atoms with E-state index in [4.69, 9.17) is 4.74 Å². The van der Waals surface area contributed by atoms with E-state index in [-0.39, 0.29) is 36.3 Å². The molecule has 0 aromatic heterocycles. The zero-order valence-electron chi connectivity index (χ0n) is 14.4. The molecule has 2 heterocycles. The van der Waals surface area contributed by atoms with Crippen LogP contribution in [0.4, 0.5) is 8.78 Å². The van der Waals surface area contributed by atoms with Crippen molar-refractivity contribution >= 4 is 30.7 Å². The van der Waals surface area contributed by atoms with E-state index in [1.54, 1.807) is 7.11 Å². The molecule has 0 radical (unpaired) electrons. The fourth-order valence-electron chi connectivity index (χ4n) is 3.14. The third kappa shape index (κ3) is 6.26. The largest absolute Gasteiger partial charge is 0.381 e. The van der Waals surface area contributed by atoms with E-state index >= 15 is 0 Å². The third-order valence-electron chi connectivity index (χ3n) is 4.75. The van der Waals surface area contributed by atoms with Crippen molar-refractivity contribution in [1.29, 1.82) is 0 Å². The van der Waals surface area contributed by atoms with Gasteiger partial charge in [0.1, 0.15) is 0 Å². The van der Waals surface area contributed by atoms with E-state index in [9.17, 15) is 13.6 Å². The summed E-state index contributed by atoms with van der Waals surface area (Å²) in [6, 6.07) is -0.787. The molecule has 0 bridgehead atoms. The molecule has 1 unspecified atom stereocenters. The average molecular weight is 392 g/mol. The molecular formula is C15H29Cl2F2N3O2. The highest BCUT2D eigenvalue weighted by molar-refractivity contribution is 5.85.